The molecule has 0 unspecified atom stereocenters. The molecule has 2 nitrogen and oxygen atoms in total. The van der Waals surface area contributed by atoms with Gasteiger partial charge in [-0.2, -0.15) is 0 Å². The zero-order chi connectivity index (χ0) is 11.1. The number of ketones is 2. The van der Waals surface area contributed by atoms with Gasteiger partial charge >= 0.3 is 0 Å². The van der Waals surface area contributed by atoms with Crippen LogP contribution in [0.2, 0.25) is 0 Å². The Hall–Kier alpha value is -0.920. The minimum atomic E-state index is -0.211. The van der Waals surface area contributed by atoms with Crippen LogP contribution in [0.1, 0.15) is 45.4 Å². The fourth-order valence-corrected chi connectivity index (χ4v) is 3.01. The molecule has 0 aromatic carbocycles. The van der Waals surface area contributed by atoms with Gasteiger partial charge in [0.1, 0.15) is 11.6 Å². The molecule has 3 saturated carbocycles. The summed E-state index contributed by atoms with van der Waals surface area (Å²) in [6.45, 7) is 5.67. The number of hydrogen-bond donors (Lipinski definition) is 0. The fraction of sp³-hybridized carbons (Fsp3) is 0.692. The molecule has 0 aromatic rings. The quantitative estimate of drug-likeness (QED) is 0.665. The smallest absolute Gasteiger partial charge is 0.139 e. The fourth-order valence-electron chi connectivity index (χ4n) is 3.01. The average Bonchev–Trinajstić information content (AvgIpc) is 2.18. The van der Waals surface area contributed by atoms with Crippen LogP contribution in [0, 0.1) is 11.3 Å². The SMILES string of the molecule is C=C1C[C@]2(CCC(C)=O)CC[C@H]1CC2=O. The van der Waals surface area contributed by atoms with Crippen LogP contribution in [-0.2, 0) is 9.59 Å². The minimum Gasteiger partial charge on any atom is -0.300 e. The topological polar surface area (TPSA) is 34.1 Å². The summed E-state index contributed by atoms with van der Waals surface area (Å²) in [4.78, 5) is 23.0. The van der Waals surface area contributed by atoms with Crippen molar-refractivity contribution in [3.63, 3.8) is 0 Å². The summed E-state index contributed by atoms with van der Waals surface area (Å²) in [7, 11) is 0. The Morgan fingerprint density at radius 2 is 2.33 bits per heavy atom. The molecule has 15 heavy (non-hydrogen) atoms. The summed E-state index contributed by atoms with van der Waals surface area (Å²) in [5.74, 6) is 1.01. The Morgan fingerprint density at radius 1 is 1.60 bits per heavy atom. The number of allylic oxidation sites excluding steroid dienone is 1. The number of rotatable bonds is 3. The van der Waals surface area contributed by atoms with E-state index in [2.05, 4.69) is 6.58 Å². The lowest BCUT2D eigenvalue weighted by Crippen LogP contribution is -2.43. The highest BCUT2D eigenvalue weighted by Gasteiger charge is 2.48. The summed E-state index contributed by atoms with van der Waals surface area (Å²) < 4.78 is 0. The highest BCUT2D eigenvalue weighted by Crippen LogP contribution is 2.52. The molecule has 0 N–H and O–H groups in total. The lowest BCUT2D eigenvalue weighted by molar-refractivity contribution is -0.136. The first-order chi connectivity index (χ1) is 7.03. The summed E-state index contributed by atoms with van der Waals surface area (Å²) in [5, 5.41) is 0. The van der Waals surface area contributed by atoms with Crippen molar-refractivity contribution in [1.29, 1.82) is 0 Å². The van der Waals surface area contributed by atoms with E-state index >= 15 is 0 Å². The first-order valence-electron chi connectivity index (χ1n) is 5.74. The van der Waals surface area contributed by atoms with Gasteiger partial charge in [-0.05, 0) is 38.5 Å². The maximum Gasteiger partial charge on any atom is 0.139 e. The van der Waals surface area contributed by atoms with Gasteiger partial charge < -0.3 is 4.79 Å². The van der Waals surface area contributed by atoms with E-state index in [1.165, 1.54) is 5.57 Å². The summed E-state index contributed by atoms with van der Waals surface area (Å²) in [6, 6.07) is 0. The highest BCUT2D eigenvalue weighted by molar-refractivity contribution is 5.88. The van der Waals surface area contributed by atoms with Crippen molar-refractivity contribution in [1.82, 2.24) is 0 Å². The molecule has 2 bridgehead atoms. The van der Waals surface area contributed by atoms with Crippen molar-refractivity contribution in [3.05, 3.63) is 12.2 Å². The molecule has 0 amide bonds. The molecule has 0 spiro atoms. The summed E-state index contributed by atoms with van der Waals surface area (Å²) in [5.41, 5.74) is 1.03. The van der Waals surface area contributed by atoms with Crippen LogP contribution in [0.5, 0.6) is 0 Å². The zero-order valence-corrected chi connectivity index (χ0v) is 9.34. The molecule has 82 valence electrons. The first kappa shape index (κ1) is 10.6. The summed E-state index contributed by atoms with van der Waals surface area (Å²) in [6.07, 6.45) is 4.88. The van der Waals surface area contributed by atoms with Gasteiger partial charge in [0.25, 0.3) is 0 Å². The van der Waals surface area contributed by atoms with Gasteiger partial charge in [-0.1, -0.05) is 12.2 Å². The normalized spacial score (nSPS) is 34.6. The first-order valence-corrected chi connectivity index (χ1v) is 5.74. The molecular formula is C13H18O2. The molecule has 3 fully saturated rings. The Morgan fingerprint density at radius 3 is 2.87 bits per heavy atom. The van der Waals surface area contributed by atoms with Crippen molar-refractivity contribution in [2.45, 2.75) is 45.4 Å². The van der Waals surface area contributed by atoms with Gasteiger partial charge in [0.2, 0.25) is 0 Å². The average molecular weight is 206 g/mol. The Kier molecular flexibility index (Phi) is 2.53. The van der Waals surface area contributed by atoms with E-state index in [9.17, 15) is 9.59 Å². The van der Waals surface area contributed by atoms with E-state index in [1.807, 2.05) is 0 Å². The van der Waals surface area contributed by atoms with E-state index < -0.39 is 0 Å². The van der Waals surface area contributed by atoms with Gasteiger partial charge in [0.15, 0.2) is 0 Å². The maximum atomic E-state index is 12.0. The van der Waals surface area contributed by atoms with Gasteiger partial charge in [-0.15, -0.1) is 0 Å². The van der Waals surface area contributed by atoms with E-state index in [0.29, 0.717) is 24.5 Å². The maximum absolute atomic E-state index is 12.0. The molecule has 2 heteroatoms. The Bertz CT molecular complexity index is 329. The molecule has 0 aliphatic heterocycles. The number of carbonyl (C=O) groups excluding carboxylic acids is 2. The van der Waals surface area contributed by atoms with Gasteiger partial charge in [-0.25, -0.2) is 0 Å². The second-order valence-corrected chi connectivity index (χ2v) is 5.18. The predicted molar refractivity (Wildman–Crippen MR) is 58.5 cm³/mol. The third-order valence-corrected chi connectivity index (χ3v) is 4.09. The van der Waals surface area contributed by atoms with E-state index in [1.54, 1.807) is 6.92 Å². The number of hydrogen-bond acceptors (Lipinski definition) is 2. The van der Waals surface area contributed by atoms with Crippen molar-refractivity contribution in [2.24, 2.45) is 11.3 Å². The molecule has 0 saturated heterocycles. The molecule has 0 heterocycles. The highest BCUT2D eigenvalue weighted by atomic mass is 16.1. The standard InChI is InChI=1S/C13H18O2/c1-9-8-13(5-3-10(2)14)6-4-11(9)7-12(13)15/h11H,1,3-8H2,2H3/t11-,13-/m0/s1. The van der Waals surface area contributed by atoms with Crippen LogP contribution in [0.4, 0.5) is 0 Å². The Balaban J connectivity index is 2.13. The lowest BCUT2D eigenvalue weighted by Gasteiger charge is -2.46. The van der Waals surface area contributed by atoms with Gasteiger partial charge in [-0.3, -0.25) is 4.79 Å². The molecule has 3 aliphatic carbocycles. The van der Waals surface area contributed by atoms with Crippen molar-refractivity contribution in [3.8, 4) is 0 Å². The third-order valence-electron chi connectivity index (χ3n) is 4.09. The minimum absolute atomic E-state index is 0.190. The monoisotopic (exact) mass is 206 g/mol. The molecule has 3 aliphatic rings. The van der Waals surface area contributed by atoms with E-state index in [4.69, 9.17) is 0 Å². The second kappa shape index (κ2) is 3.58. The zero-order valence-electron chi connectivity index (χ0n) is 9.34. The molecule has 0 radical (unpaired) electrons. The van der Waals surface area contributed by atoms with Crippen LogP contribution in [0.15, 0.2) is 12.2 Å². The van der Waals surface area contributed by atoms with Crippen LogP contribution in [0.25, 0.3) is 0 Å². The van der Waals surface area contributed by atoms with Gasteiger partial charge in [0, 0.05) is 18.3 Å². The lowest BCUT2D eigenvalue weighted by atomic mass is 9.56. The van der Waals surface area contributed by atoms with Crippen molar-refractivity contribution >= 4 is 11.6 Å². The van der Waals surface area contributed by atoms with Gasteiger partial charge in [0.05, 0.1) is 0 Å². The molecule has 2 atom stereocenters. The molecular weight excluding hydrogens is 188 g/mol. The largest absolute Gasteiger partial charge is 0.300 e. The number of carbonyl (C=O) groups is 2. The van der Waals surface area contributed by atoms with E-state index in [0.717, 1.165) is 25.7 Å². The summed E-state index contributed by atoms with van der Waals surface area (Å²) >= 11 is 0. The van der Waals surface area contributed by atoms with Crippen LogP contribution < -0.4 is 0 Å². The van der Waals surface area contributed by atoms with Crippen molar-refractivity contribution < 1.29 is 9.59 Å². The molecule has 0 aromatic heterocycles. The van der Waals surface area contributed by atoms with E-state index in [-0.39, 0.29) is 11.2 Å². The van der Waals surface area contributed by atoms with Crippen LogP contribution >= 0.6 is 0 Å². The van der Waals surface area contributed by atoms with Crippen molar-refractivity contribution in [2.75, 3.05) is 0 Å². The Labute approximate surface area is 90.7 Å². The number of fused-ring (bicyclic) bond motifs is 3. The predicted octanol–water partition coefficient (Wildman–Crippen LogP) is 2.67. The number of Topliss-reactive ketones (excluding diaryl/α,β-unsaturated/α-hetero) is 2. The third kappa shape index (κ3) is 1.77. The van der Waals surface area contributed by atoms with Crippen LogP contribution in [-0.4, -0.2) is 11.6 Å². The van der Waals surface area contributed by atoms with Crippen LogP contribution in [0.3, 0.4) is 0 Å². The molecule has 3 rings (SSSR count). The second-order valence-electron chi connectivity index (χ2n) is 5.18.